The third-order valence-electron chi connectivity index (χ3n) is 2.65. The molecular weight excluding hydrogens is 292 g/mol. The van der Waals surface area contributed by atoms with Gasteiger partial charge in [0, 0.05) is 6.54 Å². The van der Waals surface area contributed by atoms with Gasteiger partial charge in [-0.2, -0.15) is 5.26 Å². The fourth-order valence-corrected chi connectivity index (χ4v) is 3.91. The summed E-state index contributed by atoms with van der Waals surface area (Å²) in [6.07, 6.45) is -0.381. The molecule has 1 heterocycles. The molecule has 0 aromatic rings. The van der Waals surface area contributed by atoms with Crippen LogP contribution in [0.3, 0.4) is 0 Å². The number of carboxylic acid groups (broad SMARTS) is 1. The summed E-state index contributed by atoms with van der Waals surface area (Å²) >= 11 is 1.13. The lowest BCUT2D eigenvalue weighted by Gasteiger charge is -2.34. The Morgan fingerprint density at radius 1 is 1.47 bits per heavy atom. The van der Waals surface area contributed by atoms with Crippen LogP contribution in [-0.2, 0) is 19.4 Å². The number of carbonyl (C=O) groups excluding carboxylic acids is 1. The molecular formula is C10H14N2O5S2. The summed E-state index contributed by atoms with van der Waals surface area (Å²) in [6, 6.07) is 1.07. The minimum Gasteiger partial charge on any atom is -0.481 e. The van der Waals surface area contributed by atoms with E-state index >= 15 is 0 Å². The lowest BCUT2D eigenvalue weighted by molar-refractivity contribution is -0.139. The summed E-state index contributed by atoms with van der Waals surface area (Å²) in [6.45, 7) is 0.0201. The first-order valence-corrected chi connectivity index (χ1v) is 8.49. The highest BCUT2D eigenvalue weighted by molar-refractivity contribution is 8.00. The number of aliphatic carboxylic acids is 1. The average molecular weight is 306 g/mol. The molecule has 1 aliphatic heterocycles. The topological polar surface area (TPSA) is 116 Å². The second-order valence-electron chi connectivity index (χ2n) is 4.10. The number of thioether (sulfide) groups is 1. The SMILES string of the molecule is N#CCSCC(=O)N1CCS(=O)(=O)CC1CC(=O)O. The maximum Gasteiger partial charge on any atom is 0.305 e. The van der Waals surface area contributed by atoms with Crippen molar-refractivity contribution in [2.45, 2.75) is 12.5 Å². The maximum absolute atomic E-state index is 11.9. The number of hydrogen-bond acceptors (Lipinski definition) is 6. The second-order valence-corrected chi connectivity index (χ2v) is 7.32. The fraction of sp³-hybridized carbons (Fsp3) is 0.700. The maximum atomic E-state index is 11.9. The van der Waals surface area contributed by atoms with Crippen LogP contribution in [0.1, 0.15) is 6.42 Å². The molecule has 0 bridgehead atoms. The van der Waals surface area contributed by atoms with E-state index in [0.717, 1.165) is 11.8 Å². The van der Waals surface area contributed by atoms with Crippen LogP contribution in [-0.4, -0.2) is 65.9 Å². The zero-order chi connectivity index (χ0) is 14.5. The van der Waals surface area contributed by atoms with Crippen LogP contribution in [0, 0.1) is 11.3 Å². The molecule has 19 heavy (non-hydrogen) atoms. The van der Waals surface area contributed by atoms with Gasteiger partial charge in [-0.25, -0.2) is 8.42 Å². The van der Waals surface area contributed by atoms with Crippen molar-refractivity contribution < 1.29 is 23.1 Å². The predicted molar refractivity (Wildman–Crippen MR) is 69.3 cm³/mol. The van der Waals surface area contributed by atoms with E-state index in [1.165, 1.54) is 4.90 Å². The number of sulfone groups is 1. The molecule has 0 saturated carbocycles. The Morgan fingerprint density at radius 2 is 2.16 bits per heavy atom. The van der Waals surface area contributed by atoms with Gasteiger partial charge in [0.1, 0.15) is 0 Å². The highest BCUT2D eigenvalue weighted by Gasteiger charge is 2.35. The van der Waals surface area contributed by atoms with E-state index in [1.807, 2.05) is 6.07 Å². The lowest BCUT2D eigenvalue weighted by atomic mass is 10.2. The van der Waals surface area contributed by atoms with E-state index in [-0.39, 0.29) is 41.9 Å². The first-order valence-electron chi connectivity index (χ1n) is 5.52. The molecule has 0 aromatic carbocycles. The van der Waals surface area contributed by atoms with Crippen LogP contribution in [0.15, 0.2) is 0 Å². The van der Waals surface area contributed by atoms with Gasteiger partial charge in [-0.3, -0.25) is 9.59 Å². The van der Waals surface area contributed by atoms with Gasteiger partial charge >= 0.3 is 5.97 Å². The van der Waals surface area contributed by atoms with Crippen LogP contribution >= 0.6 is 11.8 Å². The summed E-state index contributed by atoms with van der Waals surface area (Å²) in [5, 5.41) is 17.1. The minimum atomic E-state index is -3.29. The zero-order valence-corrected chi connectivity index (χ0v) is 11.7. The van der Waals surface area contributed by atoms with Crippen molar-refractivity contribution in [2.24, 2.45) is 0 Å². The molecule has 9 heteroatoms. The van der Waals surface area contributed by atoms with Crippen molar-refractivity contribution in [3.63, 3.8) is 0 Å². The molecule has 1 unspecified atom stereocenters. The summed E-state index contributed by atoms with van der Waals surface area (Å²) in [5.41, 5.74) is 0. The van der Waals surface area contributed by atoms with Crippen LogP contribution in [0.4, 0.5) is 0 Å². The first-order chi connectivity index (χ1) is 8.85. The van der Waals surface area contributed by atoms with Crippen molar-refractivity contribution in [1.29, 1.82) is 5.26 Å². The molecule has 1 fully saturated rings. The highest BCUT2D eigenvalue weighted by atomic mass is 32.2. The second kappa shape index (κ2) is 6.77. The Balaban J connectivity index is 2.71. The quantitative estimate of drug-likeness (QED) is 0.670. The van der Waals surface area contributed by atoms with Crippen LogP contribution in [0.2, 0.25) is 0 Å². The van der Waals surface area contributed by atoms with Gasteiger partial charge in [0.15, 0.2) is 9.84 Å². The molecule has 1 N–H and O–H groups in total. The Labute approximate surface area is 115 Å². The molecule has 1 amide bonds. The Hall–Kier alpha value is -1.27. The highest BCUT2D eigenvalue weighted by Crippen LogP contribution is 2.16. The largest absolute Gasteiger partial charge is 0.481 e. The number of nitrogens with zero attached hydrogens (tertiary/aromatic N) is 2. The zero-order valence-electron chi connectivity index (χ0n) is 10.1. The van der Waals surface area contributed by atoms with Gasteiger partial charge < -0.3 is 10.0 Å². The van der Waals surface area contributed by atoms with Crippen molar-refractivity contribution in [1.82, 2.24) is 4.90 Å². The van der Waals surface area contributed by atoms with E-state index in [9.17, 15) is 18.0 Å². The molecule has 1 atom stereocenters. The lowest BCUT2D eigenvalue weighted by Crippen LogP contribution is -2.52. The van der Waals surface area contributed by atoms with Crippen molar-refractivity contribution in [3.8, 4) is 6.07 Å². The smallest absolute Gasteiger partial charge is 0.305 e. The van der Waals surface area contributed by atoms with E-state index in [0.29, 0.717) is 0 Å². The first kappa shape index (κ1) is 15.8. The van der Waals surface area contributed by atoms with Crippen molar-refractivity contribution >= 4 is 33.5 Å². The Kier molecular flexibility index (Phi) is 5.62. The Morgan fingerprint density at radius 3 is 2.74 bits per heavy atom. The number of amides is 1. The fourth-order valence-electron chi connectivity index (χ4n) is 1.85. The molecule has 1 saturated heterocycles. The number of hydrogen-bond donors (Lipinski definition) is 1. The van der Waals surface area contributed by atoms with Crippen molar-refractivity contribution in [3.05, 3.63) is 0 Å². The molecule has 106 valence electrons. The minimum absolute atomic E-state index is 0.0201. The molecule has 1 aliphatic rings. The summed E-state index contributed by atoms with van der Waals surface area (Å²) < 4.78 is 23.0. The molecule has 1 rings (SSSR count). The standard InChI is InChI=1S/C10H14N2O5S2/c11-1-3-18-6-9(13)12-2-4-19(16,17)7-8(12)5-10(14)15/h8H,2-7H2,(H,14,15). The van der Waals surface area contributed by atoms with E-state index in [4.69, 9.17) is 10.4 Å². The van der Waals surface area contributed by atoms with Gasteiger partial charge in [0.2, 0.25) is 5.91 Å². The van der Waals surface area contributed by atoms with Crippen LogP contribution in [0.5, 0.6) is 0 Å². The van der Waals surface area contributed by atoms with Crippen LogP contribution < -0.4 is 0 Å². The average Bonchev–Trinajstić information content (AvgIpc) is 2.27. The molecule has 0 spiro atoms. The molecule has 0 aromatic heterocycles. The van der Waals surface area contributed by atoms with Gasteiger partial charge in [-0.05, 0) is 0 Å². The number of nitriles is 1. The number of carbonyl (C=O) groups is 2. The van der Waals surface area contributed by atoms with E-state index < -0.39 is 21.8 Å². The van der Waals surface area contributed by atoms with Gasteiger partial charge in [-0.15, -0.1) is 11.8 Å². The van der Waals surface area contributed by atoms with Crippen LogP contribution in [0.25, 0.3) is 0 Å². The van der Waals surface area contributed by atoms with Crippen molar-refractivity contribution in [2.75, 3.05) is 29.6 Å². The van der Waals surface area contributed by atoms with E-state index in [1.54, 1.807) is 0 Å². The summed E-state index contributed by atoms with van der Waals surface area (Å²) in [7, 11) is -3.29. The summed E-state index contributed by atoms with van der Waals surface area (Å²) in [4.78, 5) is 23.9. The Bertz CT molecular complexity index is 497. The molecule has 7 nitrogen and oxygen atoms in total. The predicted octanol–water partition coefficient (Wildman–Crippen LogP) is -0.657. The third-order valence-corrected chi connectivity index (χ3v) is 5.13. The van der Waals surface area contributed by atoms with Gasteiger partial charge in [0.05, 0.1) is 41.5 Å². The van der Waals surface area contributed by atoms with E-state index in [2.05, 4.69) is 0 Å². The molecule has 0 radical (unpaired) electrons. The molecule has 0 aliphatic carbocycles. The number of carboxylic acids is 1. The normalized spacial score (nSPS) is 21.6. The summed E-state index contributed by atoms with van der Waals surface area (Å²) in [5.74, 6) is -1.68. The monoisotopic (exact) mass is 306 g/mol. The third kappa shape index (κ3) is 5.08. The van der Waals surface area contributed by atoms with Gasteiger partial charge in [-0.1, -0.05) is 0 Å². The number of rotatable bonds is 5. The van der Waals surface area contributed by atoms with Gasteiger partial charge in [0.25, 0.3) is 0 Å².